The number of aromatic amines is 1. The minimum atomic E-state index is -4.52. The third kappa shape index (κ3) is 3.85. The van der Waals surface area contributed by atoms with Crippen LogP contribution in [0.2, 0.25) is 0 Å². The Balaban J connectivity index is 1.93. The van der Waals surface area contributed by atoms with Gasteiger partial charge in [-0.1, -0.05) is 0 Å². The largest absolute Gasteiger partial charge is 0.416 e. The van der Waals surface area contributed by atoms with Crippen molar-refractivity contribution < 1.29 is 22.4 Å². The number of alkyl halides is 3. The van der Waals surface area contributed by atoms with E-state index in [0.717, 1.165) is 42.6 Å². The van der Waals surface area contributed by atoms with E-state index in [0.29, 0.717) is 4.57 Å². The lowest BCUT2D eigenvalue weighted by Crippen LogP contribution is -2.38. The number of aromatic nitrogens is 2. The van der Waals surface area contributed by atoms with Gasteiger partial charge in [0.2, 0.25) is 0 Å². The maximum absolute atomic E-state index is 13.0. The van der Waals surface area contributed by atoms with E-state index in [2.05, 4.69) is 10.3 Å². The predicted octanol–water partition coefficient (Wildman–Crippen LogP) is 2.94. The highest BCUT2D eigenvalue weighted by atomic mass is 19.4. The van der Waals surface area contributed by atoms with E-state index in [1.165, 1.54) is 12.1 Å². The highest BCUT2D eigenvalue weighted by Gasteiger charge is 2.30. The summed E-state index contributed by atoms with van der Waals surface area (Å²) in [5.41, 5.74) is -3.10. The number of nitrogens with one attached hydrogen (secondary N) is 2. The number of halogens is 4. The van der Waals surface area contributed by atoms with Gasteiger partial charge in [-0.15, -0.1) is 0 Å². The van der Waals surface area contributed by atoms with E-state index in [-0.39, 0.29) is 11.4 Å². The van der Waals surface area contributed by atoms with E-state index in [9.17, 15) is 31.9 Å². The van der Waals surface area contributed by atoms with Crippen LogP contribution in [0.25, 0.3) is 5.69 Å². The second-order valence-corrected chi connectivity index (χ2v) is 5.65. The molecular formula is C18H11F4N3O3. The molecule has 2 aromatic carbocycles. The number of carbonyl (C=O) groups is 1. The fourth-order valence-corrected chi connectivity index (χ4v) is 2.40. The zero-order valence-electron chi connectivity index (χ0n) is 13.9. The molecular weight excluding hydrogens is 382 g/mol. The van der Waals surface area contributed by atoms with Gasteiger partial charge in [0.05, 0.1) is 11.3 Å². The molecule has 0 aliphatic carbocycles. The number of rotatable bonds is 3. The van der Waals surface area contributed by atoms with Crippen molar-refractivity contribution >= 4 is 11.6 Å². The maximum atomic E-state index is 13.0. The van der Waals surface area contributed by atoms with Gasteiger partial charge in [-0.25, -0.2) is 13.8 Å². The molecule has 0 aliphatic rings. The van der Waals surface area contributed by atoms with Crippen LogP contribution in [0.5, 0.6) is 0 Å². The minimum Gasteiger partial charge on any atom is -0.322 e. The lowest BCUT2D eigenvalue weighted by atomic mass is 10.2. The van der Waals surface area contributed by atoms with Gasteiger partial charge in [-0.3, -0.25) is 9.59 Å². The van der Waals surface area contributed by atoms with Crippen molar-refractivity contribution in [2.45, 2.75) is 6.18 Å². The quantitative estimate of drug-likeness (QED) is 0.671. The molecule has 144 valence electrons. The second-order valence-electron chi connectivity index (χ2n) is 5.65. The van der Waals surface area contributed by atoms with Crippen molar-refractivity contribution in [3.8, 4) is 5.69 Å². The van der Waals surface area contributed by atoms with Crippen molar-refractivity contribution in [2.24, 2.45) is 0 Å². The second kappa shape index (κ2) is 7.14. The summed E-state index contributed by atoms with van der Waals surface area (Å²) in [5.74, 6) is -1.51. The monoisotopic (exact) mass is 393 g/mol. The first-order chi connectivity index (χ1) is 13.2. The average Bonchev–Trinajstić information content (AvgIpc) is 2.63. The predicted molar refractivity (Wildman–Crippen MR) is 92.0 cm³/mol. The van der Waals surface area contributed by atoms with Gasteiger partial charge in [-0.05, 0) is 48.5 Å². The first-order valence-corrected chi connectivity index (χ1v) is 7.76. The Bertz CT molecular complexity index is 1130. The Hall–Kier alpha value is -3.69. The Kier molecular flexibility index (Phi) is 4.87. The van der Waals surface area contributed by atoms with Gasteiger partial charge in [0.15, 0.2) is 0 Å². The van der Waals surface area contributed by atoms with Crippen LogP contribution in [0, 0.1) is 5.82 Å². The first kappa shape index (κ1) is 19.1. The topological polar surface area (TPSA) is 84.0 Å². The molecule has 28 heavy (non-hydrogen) atoms. The lowest BCUT2D eigenvalue weighted by molar-refractivity contribution is -0.137. The maximum Gasteiger partial charge on any atom is 0.416 e. The summed E-state index contributed by atoms with van der Waals surface area (Å²) in [5, 5.41) is 2.28. The molecule has 1 aromatic heterocycles. The van der Waals surface area contributed by atoms with Crippen LogP contribution < -0.4 is 16.6 Å². The molecule has 0 saturated heterocycles. The summed E-state index contributed by atoms with van der Waals surface area (Å²) >= 11 is 0. The van der Waals surface area contributed by atoms with Gasteiger partial charge in [-0.2, -0.15) is 13.2 Å². The molecule has 2 N–H and O–H groups in total. The molecule has 0 aliphatic heterocycles. The van der Waals surface area contributed by atoms with Crippen molar-refractivity contribution in [3.63, 3.8) is 0 Å². The normalized spacial score (nSPS) is 11.3. The summed E-state index contributed by atoms with van der Waals surface area (Å²) in [6.07, 6.45) is -3.63. The average molecular weight is 393 g/mol. The molecule has 3 aromatic rings. The van der Waals surface area contributed by atoms with Crippen LogP contribution in [-0.2, 0) is 6.18 Å². The summed E-state index contributed by atoms with van der Waals surface area (Å²) in [6.45, 7) is 0. The third-order valence-electron chi connectivity index (χ3n) is 3.78. The van der Waals surface area contributed by atoms with Gasteiger partial charge in [0.25, 0.3) is 11.5 Å². The number of benzene rings is 2. The fraction of sp³-hybridized carbons (Fsp3) is 0.0556. The summed E-state index contributed by atoms with van der Waals surface area (Å²) in [7, 11) is 0. The number of hydrogen-bond donors (Lipinski definition) is 2. The highest BCUT2D eigenvalue weighted by Crippen LogP contribution is 2.29. The molecule has 6 nitrogen and oxygen atoms in total. The molecule has 0 atom stereocenters. The van der Waals surface area contributed by atoms with Crippen LogP contribution in [0.15, 0.2) is 64.3 Å². The van der Waals surface area contributed by atoms with Crippen LogP contribution in [-0.4, -0.2) is 15.5 Å². The van der Waals surface area contributed by atoms with Crippen molar-refractivity contribution in [1.82, 2.24) is 9.55 Å². The van der Waals surface area contributed by atoms with Crippen molar-refractivity contribution in [2.75, 3.05) is 5.32 Å². The molecule has 1 heterocycles. The summed E-state index contributed by atoms with van der Waals surface area (Å²) in [4.78, 5) is 39.1. The van der Waals surface area contributed by atoms with Gasteiger partial charge < -0.3 is 10.3 Å². The zero-order valence-corrected chi connectivity index (χ0v) is 13.9. The molecule has 0 fully saturated rings. The fourth-order valence-electron chi connectivity index (χ4n) is 2.40. The SMILES string of the molecule is O=C(Nc1ccc(C(F)(F)F)cc1)c1c[nH]c(=O)n(-c2ccc(F)cc2)c1=O. The molecule has 1 amide bonds. The van der Waals surface area contributed by atoms with Crippen molar-refractivity contribution in [1.29, 1.82) is 0 Å². The van der Waals surface area contributed by atoms with Crippen molar-refractivity contribution in [3.05, 3.63) is 92.5 Å². The van der Waals surface area contributed by atoms with Gasteiger partial charge in [0.1, 0.15) is 11.4 Å². The Morgan fingerprint density at radius 1 is 0.964 bits per heavy atom. The van der Waals surface area contributed by atoms with E-state index in [1.54, 1.807) is 0 Å². The summed E-state index contributed by atoms with van der Waals surface area (Å²) in [6, 6.07) is 8.06. The number of H-pyrrole nitrogens is 1. The first-order valence-electron chi connectivity index (χ1n) is 7.76. The lowest BCUT2D eigenvalue weighted by Gasteiger charge is -2.10. The Morgan fingerprint density at radius 2 is 1.57 bits per heavy atom. The number of carbonyl (C=O) groups excluding carboxylic acids is 1. The number of anilines is 1. The van der Waals surface area contributed by atoms with Crippen LogP contribution in [0.3, 0.4) is 0 Å². The standard InChI is InChI=1S/C18H11F4N3O3/c19-11-3-7-13(8-4-11)25-16(27)14(9-23-17(25)28)15(26)24-12-5-1-10(2-6-12)18(20,21)22/h1-9H,(H,23,28)(H,24,26). The highest BCUT2D eigenvalue weighted by molar-refractivity contribution is 6.03. The van der Waals surface area contributed by atoms with Gasteiger partial charge in [0, 0.05) is 11.9 Å². The van der Waals surface area contributed by atoms with E-state index in [4.69, 9.17) is 0 Å². The summed E-state index contributed by atoms with van der Waals surface area (Å²) < 4.78 is 51.4. The molecule has 10 heteroatoms. The number of nitrogens with zero attached hydrogens (tertiary/aromatic N) is 1. The van der Waals surface area contributed by atoms with Crippen LogP contribution >= 0.6 is 0 Å². The molecule has 0 radical (unpaired) electrons. The van der Waals surface area contributed by atoms with Gasteiger partial charge >= 0.3 is 11.9 Å². The molecule has 0 saturated carbocycles. The zero-order chi connectivity index (χ0) is 20.5. The van der Waals surface area contributed by atoms with E-state index in [1.807, 2.05) is 0 Å². The molecule has 0 unspecified atom stereocenters. The molecule has 0 bridgehead atoms. The molecule has 3 rings (SSSR count). The van der Waals surface area contributed by atoms with E-state index >= 15 is 0 Å². The van der Waals surface area contributed by atoms with Crippen LogP contribution in [0.4, 0.5) is 23.2 Å². The smallest absolute Gasteiger partial charge is 0.322 e. The number of amides is 1. The number of hydrogen-bond acceptors (Lipinski definition) is 3. The Labute approximate surface area is 154 Å². The minimum absolute atomic E-state index is 0.0249. The third-order valence-corrected chi connectivity index (χ3v) is 3.78. The Morgan fingerprint density at radius 3 is 2.14 bits per heavy atom. The van der Waals surface area contributed by atoms with E-state index < -0.39 is 40.3 Å². The van der Waals surface area contributed by atoms with Crippen LogP contribution in [0.1, 0.15) is 15.9 Å². The molecule has 0 spiro atoms.